The number of hydrogen-bond donors (Lipinski definition) is 0. The number of carbonyl (C=O) groups excluding carboxylic acids is 2. The van der Waals surface area contributed by atoms with E-state index >= 15 is 0 Å². The van der Waals surface area contributed by atoms with Crippen molar-refractivity contribution >= 4 is 23.5 Å². The lowest BCUT2D eigenvalue weighted by Gasteiger charge is -2.32. The van der Waals surface area contributed by atoms with Crippen LogP contribution < -0.4 is 0 Å². The molecule has 0 bridgehead atoms. The molecule has 0 saturated carbocycles. The van der Waals surface area contributed by atoms with E-state index in [-0.39, 0.29) is 24.4 Å². The molecule has 0 spiro atoms. The summed E-state index contributed by atoms with van der Waals surface area (Å²) < 4.78 is 11.9. The maximum Gasteiger partial charge on any atom is 0.308 e. The van der Waals surface area contributed by atoms with Crippen molar-refractivity contribution in [3.8, 4) is 0 Å². The highest BCUT2D eigenvalue weighted by Gasteiger charge is 2.28. The van der Waals surface area contributed by atoms with Crippen LogP contribution in [0.3, 0.4) is 0 Å². The summed E-state index contributed by atoms with van der Waals surface area (Å²) in [4.78, 5) is 25.6. The molecule has 0 N–H and O–H groups in total. The molecule has 0 radical (unpaired) electrons. The van der Waals surface area contributed by atoms with Gasteiger partial charge in [0.25, 0.3) is 5.91 Å². The monoisotopic (exact) mass is 314 g/mol. The molecule has 2 rings (SSSR count). The Hall–Kier alpha value is -1.53. The van der Waals surface area contributed by atoms with Gasteiger partial charge in [-0.3, -0.25) is 9.59 Å². The minimum Gasteiger partial charge on any atom is -0.469 e. The molecule has 116 valence electrons. The van der Waals surface area contributed by atoms with Crippen molar-refractivity contribution in [3.63, 3.8) is 0 Å². The summed E-state index contributed by atoms with van der Waals surface area (Å²) in [7, 11) is 1.34. The summed E-state index contributed by atoms with van der Waals surface area (Å²) in [5.41, 5.74) is 0.557. The van der Waals surface area contributed by atoms with Crippen molar-refractivity contribution in [2.75, 3.05) is 26.8 Å². The van der Waals surface area contributed by atoms with Crippen LogP contribution in [0.15, 0.2) is 12.3 Å². The Balaban J connectivity index is 2.06. The third-order valence-corrected chi connectivity index (χ3v) is 3.68. The topological polar surface area (TPSA) is 60.8 Å². The second-order valence-corrected chi connectivity index (χ2v) is 5.29. The van der Waals surface area contributed by atoms with E-state index in [9.17, 15) is 9.59 Å². The lowest BCUT2D eigenvalue weighted by atomic mass is 10.2. The van der Waals surface area contributed by atoms with Crippen LogP contribution in [0.5, 0.6) is 0 Å². The number of morpholine rings is 1. The molecule has 1 aliphatic heterocycles. The van der Waals surface area contributed by atoms with Crippen LogP contribution in [-0.4, -0.2) is 54.3 Å². The maximum atomic E-state index is 12.6. The van der Waals surface area contributed by atoms with Crippen LogP contribution >= 0.6 is 11.6 Å². The van der Waals surface area contributed by atoms with Gasteiger partial charge in [0.05, 0.1) is 31.3 Å². The Morgan fingerprint density at radius 3 is 2.95 bits per heavy atom. The molecule has 6 nitrogen and oxygen atoms in total. The number of ether oxygens (including phenoxy) is 2. The smallest absolute Gasteiger partial charge is 0.308 e. The van der Waals surface area contributed by atoms with Crippen LogP contribution in [0.2, 0.25) is 5.02 Å². The zero-order valence-corrected chi connectivity index (χ0v) is 12.9. The zero-order valence-electron chi connectivity index (χ0n) is 12.2. The van der Waals surface area contributed by atoms with E-state index in [0.29, 0.717) is 37.0 Å². The van der Waals surface area contributed by atoms with E-state index in [0.717, 1.165) is 0 Å². The highest BCUT2D eigenvalue weighted by atomic mass is 35.5. The van der Waals surface area contributed by atoms with E-state index in [2.05, 4.69) is 4.74 Å². The van der Waals surface area contributed by atoms with E-state index in [1.807, 2.05) is 11.5 Å². The Morgan fingerprint density at radius 2 is 2.29 bits per heavy atom. The first kappa shape index (κ1) is 15.9. The van der Waals surface area contributed by atoms with Crippen molar-refractivity contribution in [2.24, 2.45) is 0 Å². The highest BCUT2D eigenvalue weighted by Crippen LogP contribution is 2.18. The Bertz CT molecular complexity index is 529. The number of carbonyl (C=O) groups is 2. The quantitative estimate of drug-likeness (QED) is 0.791. The fourth-order valence-electron chi connectivity index (χ4n) is 2.37. The van der Waals surface area contributed by atoms with Gasteiger partial charge in [-0.2, -0.15) is 0 Å². The van der Waals surface area contributed by atoms with Gasteiger partial charge in [0.15, 0.2) is 0 Å². The summed E-state index contributed by atoms with van der Waals surface area (Å²) >= 11 is 5.97. The van der Waals surface area contributed by atoms with E-state index in [1.54, 1.807) is 17.2 Å². The first-order chi connectivity index (χ1) is 10.0. The van der Waals surface area contributed by atoms with Gasteiger partial charge in [-0.05, 0) is 13.0 Å². The molecule has 1 aromatic rings. The molecular formula is C14H19ClN2O4. The van der Waals surface area contributed by atoms with E-state index in [4.69, 9.17) is 16.3 Å². The predicted octanol–water partition coefficient (Wildman–Crippen LogP) is 1.57. The van der Waals surface area contributed by atoms with Crippen LogP contribution in [0.25, 0.3) is 0 Å². The summed E-state index contributed by atoms with van der Waals surface area (Å²) in [5, 5.41) is 0.541. The molecule has 7 heteroatoms. The average molecular weight is 315 g/mol. The number of hydrogen-bond acceptors (Lipinski definition) is 4. The molecule has 1 atom stereocenters. The summed E-state index contributed by atoms with van der Waals surface area (Å²) in [6.45, 7) is 3.91. The fraction of sp³-hybridized carbons (Fsp3) is 0.571. The molecule has 1 aliphatic rings. The number of nitrogens with zero attached hydrogens (tertiary/aromatic N) is 2. The van der Waals surface area contributed by atoms with Crippen molar-refractivity contribution in [1.29, 1.82) is 0 Å². The third-order valence-electron chi connectivity index (χ3n) is 3.47. The van der Waals surface area contributed by atoms with Crippen LogP contribution in [0, 0.1) is 0 Å². The fourth-order valence-corrected chi connectivity index (χ4v) is 2.60. The molecule has 1 fully saturated rings. The lowest BCUT2D eigenvalue weighted by Crippen LogP contribution is -2.46. The molecular weight excluding hydrogens is 296 g/mol. The minimum atomic E-state index is -0.339. The largest absolute Gasteiger partial charge is 0.469 e. The number of rotatable bonds is 4. The molecule has 1 saturated heterocycles. The van der Waals surface area contributed by atoms with E-state index in [1.165, 1.54) is 7.11 Å². The number of aryl methyl sites for hydroxylation is 1. The van der Waals surface area contributed by atoms with Gasteiger partial charge in [0.2, 0.25) is 0 Å². The van der Waals surface area contributed by atoms with Crippen molar-refractivity contribution < 1.29 is 19.1 Å². The molecule has 0 aliphatic carbocycles. The van der Waals surface area contributed by atoms with Gasteiger partial charge in [-0.1, -0.05) is 11.6 Å². The van der Waals surface area contributed by atoms with Gasteiger partial charge in [0.1, 0.15) is 5.69 Å². The molecule has 2 heterocycles. The first-order valence-corrected chi connectivity index (χ1v) is 7.26. The normalized spacial score (nSPS) is 18.6. The molecule has 0 aromatic carbocycles. The number of aromatic nitrogens is 1. The van der Waals surface area contributed by atoms with Crippen molar-refractivity contribution in [3.05, 3.63) is 23.0 Å². The standard InChI is InChI=1S/C14H19ClN2O4/c1-3-16-8-10(15)6-12(16)14(19)17-4-5-21-11(9-17)7-13(18)20-2/h6,8,11H,3-5,7,9H2,1-2H3. The number of esters is 1. The summed E-state index contributed by atoms with van der Waals surface area (Å²) in [6, 6.07) is 1.66. The van der Waals surface area contributed by atoms with Crippen molar-refractivity contribution in [2.45, 2.75) is 26.0 Å². The molecule has 21 heavy (non-hydrogen) atoms. The van der Waals surface area contributed by atoms with Gasteiger partial charge >= 0.3 is 5.97 Å². The SMILES string of the molecule is CCn1cc(Cl)cc1C(=O)N1CCOC(CC(=O)OC)C1. The van der Waals surface area contributed by atoms with Crippen molar-refractivity contribution in [1.82, 2.24) is 9.47 Å². The van der Waals surface area contributed by atoms with Gasteiger partial charge in [-0.15, -0.1) is 0 Å². The Labute approximate surface area is 128 Å². The molecule has 1 unspecified atom stereocenters. The second kappa shape index (κ2) is 6.95. The minimum absolute atomic E-state index is 0.0954. The molecule has 1 aromatic heterocycles. The number of methoxy groups -OCH3 is 1. The predicted molar refractivity (Wildman–Crippen MR) is 77.4 cm³/mol. The maximum absolute atomic E-state index is 12.6. The molecule has 1 amide bonds. The van der Waals surface area contributed by atoms with Gasteiger partial charge in [0, 0.05) is 25.8 Å². The van der Waals surface area contributed by atoms with Crippen LogP contribution in [-0.2, 0) is 20.8 Å². The van der Waals surface area contributed by atoms with Gasteiger partial charge in [-0.25, -0.2) is 0 Å². The summed E-state index contributed by atoms with van der Waals surface area (Å²) in [5.74, 6) is -0.434. The zero-order chi connectivity index (χ0) is 15.4. The average Bonchev–Trinajstić information content (AvgIpc) is 2.87. The highest BCUT2D eigenvalue weighted by molar-refractivity contribution is 6.31. The first-order valence-electron chi connectivity index (χ1n) is 6.88. The lowest BCUT2D eigenvalue weighted by molar-refractivity contribution is -0.145. The van der Waals surface area contributed by atoms with Gasteiger partial charge < -0.3 is 18.9 Å². The summed E-state index contributed by atoms with van der Waals surface area (Å²) in [6.07, 6.45) is 1.56. The Kier molecular flexibility index (Phi) is 5.25. The third kappa shape index (κ3) is 3.77. The van der Waals surface area contributed by atoms with Crippen LogP contribution in [0.4, 0.5) is 0 Å². The number of halogens is 1. The van der Waals surface area contributed by atoms with Crippen LogP contribution in [0.1, 0.15) is 23.8 Å². The Morgan fingerprint density at radius 1 is 1.52 bits per heavy atom. The van der Waals surface area contributed by atoms with E-state index < -0.39 is 0 Å². The second-order valence-electron chi connectivity index (χ2n) is 4.85. The number of amides is 1.